The van der Waals surface area contributed by atoms with Crippen LogP contribution < -0.4 is 0 Å². The van der Waals surface area contributed by atoms with Crippen molar-refractivity contribution in [3.63, 3.8) is 0 Å². The molecule has 0 spiro atoms. The van der Waals surface area contributed by atoms with Crippen molar-refractivity contribution < 1.29 is 0 Å². The van der Waals surface area contributed by atoms with Crippen molar-refractivity contribution in [3.05, 3.63) is 56.8 Å². The Balaban J connectivity index is 1.29. The van der Waals surface area contributed by atoms with Crippen LogP contribution in [0.5, 0.6) is 0 Å². The van der Waals surface area contributed by atoms with Gasteiger partial charge in [-0.2, -0.15) is 0 Å². The van der Waals surface area contributed by atoms with Gasteiger partial charge in [-0.05, 0) is 129 Å². The van der Waals surface area contributed by atoms with Gasteiger partial charge in [0.05, 0.1) is 0 Å². The second-order valence-electron chi connectivity index (χ2n) is 10.7. The lowest BCUT2D eigenvalue weighted by Crippen LogP contribution is -2.20. The summed E-state index contributed by atoms with van der Waals surface area (Å²) in [6.45, 7) is 2.22. The van der Waals surface area contributed by atoms with E-state index in [9.17, 15) is 0 Å². The molecule has 168 valence electrons. The predicted molar refractivity (Wildman–Crippen MR) is 147 cm³/mol. The van der Waals surface area contributed by atoms with Crippen molar-refractivity contribution in [2.45, 2.75) is 82.0 Å². The molecule has 4 heteroatoms. The lowest BCUT2D eigenvalue weighted by atomic mass is 9.67. The minimum Gasteiger partial charge on any atom is -0.140 e. The third-order valence-corrected chi connectivity index (χ3v) is 14.1. The molecular formula is C29H28S4. The van der Waals surface area contributed by atoms with E-state index in [0.717, 1.165) is 23.7 Å². The van der Waals surface area contributed by atoms with E-state index in [1.807, 2.05) is 22.7 Å². The highest BCUT2D eigenvalue weighted by atomic mass is 32.1. The van der Waals surface area contributed by atoms with E-state index in [0.29, 0.717) is 0 Å². The standard InChI is InChI=1S/C29H28S4/c1-15-2-11-21(30-15)22-12-13-23(31-22)28-25-17-5-7-18(8-6-17)26(25)29(33-28)24-14-20-16-3-9-19(10-4-16)27(20)32-24/h2,11-14,16-19H,3-10H2,1H3. The molecule has 0 unspecified atom stereocenters. The van der Waals surface area contributed by atoms with Crippen molar-refractivity contribution in [2.24, 2.45) is 0 Å². The van der Waals surface area contributed by atoms with Crippen LogP contribution in [0, 0.1) is 6.92 Å². The molecule has 0 aromatic carbocycles. The summed E-state index contributed by atoms with van der Waals surface area (Å²) in [6, 6.07) is 12.0. The molecule has 4 heterocycles. The molecule has 0 aliphatic heterocycles. The lowest BCUT2D eigenvalue weighted by Gasteiger charge is -2.37. The zero-order valence-corrected chi connectivity index (χ0v) is 22.3. The van der Waals surface area contributed by atoms with Crippen molar-refractivity contribution in [1.82, 2.24) is 0 Å². The van der Waals surface area contributed by atoms with Gasteiger partial charge < -0.3 is 0 Å². The van der Waals surface area contributed by atoms with Gasteiger partial charge in [-0.1, -0.05) is 0 Å². The first-order valence-corrected chi connectivity index (χ1v) is 16.0. The molecule has 2 saturated carbocycles. The van der Waals surface area contributed by atoms with Crippen molar-refractivity contribution >= 4 is 45.3 Å². The van der Waals surface area contributed by atoms with Crippen LogP contribution in [0.25, 0.3) is 29.3 Å². The summed E-state index contributed by atoms with van der Waals surface area (Å²) in [5.74, 6) is 3.32. The molecule has 6 aliphatic rings. The fourth-order valence-electron chi connectivity index (χ4n) is 7.30. The maximum Gasteiger partial charge on any atom is 0.0487 e. The van der Waals surface area contributed by atoms with Crippen molar-refractivity contribution in [2.75, 3.05) is 0 Å². The SMILES string of the molecule is Cc1ccc(-c2ccc(-c3sc(-c4cc5c(s4)C4CCC5CC4)c4c3C3CCC4CC3)s2)s1. The molecule has 0 nitrogen and oxygen atoms in total. The first kappa shape index (κ1) is 20.0. The van der Waals surface area contributed by atoms with Gasteiger partial charge in [0.15, 0.2) is 0 Å². The maximum atomic E-state index is 2.66. The van der Waals surface area contributed by atoms with Gasteiger partial charge in [-0.3, -0.25) is 0 Å². The van der Waals surface area contributed by atoms with Crippen LogP contribution in [0.3, 0.4) is 0 Å². The zero-order valence-electron chi connectivity index (χ0n) is 19.0. The van der Waals surface area contributed by atoms with E-state index in [-0.39, 0.29) is 0 Å². The summed E-state index contributed by atoms with van der Waals surface area (Å²) in [5.41, 5.74) is 5.29. The molecule has 2 fully saturated rings. The molecule has 6 aliphatic carbocycles. The normalized spacial score (nSPS) is 27.2. The van der Waals surface area contributed by atoms with Gasteiger partial charge in [0.25, 0.3) is 0 Å². The van der Waals surface area contributed by atoms with E-state index in [1.165, 1.54) is 70.9 Å². The van der Waals surface area contributed by atoms with Crippen LogP contribution in [-0.2, 0) is 0 Å². The Labute approximate surface area is 212 Å². The monoisotopic (exact) mass is 504 g/mol. The third kappa shape index (κ3) is 2.97. The van der Waals surface area contributed by atoms with Crippen LogP contribution in [0.4, 0.5) is 0 Å². The van der Waals surface area contributed by atoms with E-state index < -0.39 is 0 Å². The van der Waals surface area contributed by atoms with E-state index in [2.05, 4.69) is 59.9 Å². The quantitative estimate of drug-likeness (QED) is 0.260. The predicted octanol–water partition coefficient (Wildman–Crippen LogP) is 10.8. The summed E-state index contributed by atoms with van der Waals surface area (Å²) in [4.78, 5) is 12.4. The first-order chi connectivity index (χ1) is 16.2. The second kappa shape index (κ2) is 7.40. The number of hydrogen-bond acceptors (Lipinski definition) is 4. The van der Waals surface area contributed by atoms with Gasteiger partial charge >= 0.3 is 0 Å². The Morgan fingerprint density at radius 3 is 1.79 bits per heavy atom. The fraction of sp³-hybridized carbons (Fsp3) is 0.448. The van der Waals surface area contributed by atoms with Crippen LogP contribution in [0.2, 0.25) is 0 Å². The summed E-state index contributed by atoms with van der Waals surface area (Å²) < 4.78 is 0. The topological polar surface area (TPSA) is 0 Å². The molecule has 4 bridgehead atoms. The van der Waals surface area contributed by atoms with E-state index in [1.54, 1.807) is 36.2 Å². The Morgan fingerprint density at radius 2 is 1.12 bits per heavy atom. The molecule has 4 aromatic rings. The Bertz CT molecular complexity index is 1330. The number of fused-ring (bicyclic) bond motifs is 4. The molecule has 0 radical (unpaired) electrons. The summed E-state index contributed by atoms with van der Waals surface area (Å²) in [6.07, 6.45) is 11.4. The molecular weight excluding hydrogens is 477 g/mol. The van der Waals surface area contributed by atoms with E-state index >= 15 is 0 Å². The summed E-state index contributed by atoms with van der Waals surface area (Å²) in [5, 5.41) is 0. The molecule has 0 atom stereocenters. The lowest BCUT2D eigenvalue weighted by molar-refractivity contribution is 0.362. The largest absolute Gasteiger partial charge is 0.140 e. The van der Waals surface area contributed by atoms with Gasteiger partial charge in [0.1, 0.15) is 0 Å². The highest BCUT2D eigenvalue weighted by molar-refractivity contribution is 7.28. The van der Waals surface area contributed by atoms with Crippen LogP contribution in [0.1, 0.15) is 101 Å². The van der Waals surface area contributed by atoms with Gasteiger partial charge in [-0.25, -0.2) is 0 Å². The van der Waals surface area contributed by atoms with Crippen molar-refractivity contribution in [1.29, 1.82) is 0 Å². The highest BCUT2D eigenvalue weighted by Gasteiger charge is 2.41. The van der Waals surface area contributed by atoms with E-state index in [4.69, 9.17) is 0 Å². The molecule has 0 saturated heterocycles. The minimum absolute atomic E-state index is 0.797. The smallest absolute Gasteiger partial charge is 0.0487 e. The zero-order chi connectivity index (χ0) is 21.7. The minimum atomic E-state index is 0.797. The molecule has 10 rings (SSSR count). The highest BCUT2D eigenvalue weighted by Crippen LogP contribution is 2.62. The Hall–Kier alpha value is -1.20. The van der Waals surface area contributed by atoms with Gasteiger partial charge in [0.2, 0.25) is 0 Å². The fourth-order valence-corrected chi connectivity index (χ4v) is 12.4. The maximum absolute atomic E-state index is 2.66. The van der Waals surface area contributed by atoms with Crippen LogP contribution in [0.15, 0.2) is 30.3 Å². The Kier molecular flexibility index (Phi) is 4.49. The number of thiophene rings is 4. The molecule has 4 aromatic heterocycles. The average molecular weight is 505 g/mol. The van der Waals surface area contributed by atoms with Crippen molar-refractivity contribution in [3.8, 4) is 29.3 Å². The average Bonchev–Trinajstić information content (AvgIpc) is 3.64. The van der Waals surface area contributed by atoms with Gasteiger partial charge in [-0.15, -0.1) is 45.3 Å². The summed E-state index contributed by atoms with van der Waals surface area (Å²) in [7, 11) is 0. The summed E-state index contributed by atoms with van der Waals surface area (Å²) >= 11 is 8.29. The number of hydrogen-bond donors (Lipinski definition) is 0. The third-order valence-electron chi connectivity index (χ3n) is 8.89. The van der Waals surface area contributed by atoms with Crippen LogP contribution in [-0.4, -0.2) is 0 Å². The Morgan fingerprint density at radius 1 is 0.545 bits per heavy atom. The second-order valence-corrected chi connectivity index (χ2v) is 15.2. The molecule has 0 N–H and O–H groups in total. The number of aryl methyl sites for hydroxylation is 1. The molecule has 0 amide bonds. The molecule has 33 heavy (non-hydrogen) atoms. The first-order valence-electron chi connectivity index (χ1n) is 12.7. The van der Waals surface area contributed by atoms with Crippen LogP contribution >= 0.6 is 45.3 Å². The van der Waals surface area contributed by atoms with Gasteiger partial charge in [0, 0.05) is 39.0 Å². The number of rotatable bonds is 3.